The van der Waals surface area contributed by atoms with Crippen LogP contribution >= 0.6 is 11.6 Å². The number of hydrogen-bond donors (Lipinski definition) is 2. The van der Waals surface area contributed by atoms with E-state index in [0.29, 0.717) is 21.8 Å². The Morgan fingerprint density at radius 3 is 2.84 bits per heavy atom. The third-order valence-electron chi connectivity index (χ3n) is 2.39. The number of nitriles is 1. The number of pyridine rings is 1. The van der Waals surface area contributed by atoms with Crippen molar-refractivity contribution in [3.8, 4) is 6.07 Å². The van der Waals surface area contributed by atoms with E-state index in [1.165, 1.54) is 24.4 Å². The molecule has 1 heterocycles. The van der Waals surface area contributed by atoms with Crippen molar-refractivity contribution in [3.63, 3.8) is 0 Å². The number of nitrogen functional groups attached to an aromatic ring is 1. The van der Waals surface area contributed by atoms with E-state index in [4.69, 9.17) is 22.6 Å². The van der Waals surface area contributed by atoms with E-state index >= 15 is 0 Å². The standard InChI is InChI=1S/C13H9ClN4O/c14-10-2-1-9(7-15)11(6-10)18-13(19)8-3-4-17-12(16)5-8/h1-6H,(H2,16,17)(H,18,19). The van der Waals surface area contributed by atoms with E-state index in [2.05, 4.69) is 10.3 Å². The number of nitrogens with two attached hydrogens (primary N) is 1. The summed E-state index contributed by atoms with van der Waals surface area (Å²) >= 11 is 5.84. The Labute approximate surface area is 114 Å². The number of nitrogens with zero attached hydrogens (tertiary/aromatic N) is 2. The molecule has 0 aliphatic heterocycles. The maximum Gasteiger partial charge on any atom is 0.255 e. The lowest BCUT2D eigenvalue weighted by atomic mass is 10.1. The van der Waals surface area contributed by atoms with Crippen LogP contribution < -0.4 is 11.1 Å². The summed E-state index contributed by atoms with van der Waals surface area (Å²) in [5, 5.41) is 12.0. The number of benzene rings is 1. The second-order valence-corrected chi connectivity index (χ2v) is 4.16. The fourth-order valence-electron chi connectivity index (χ4n) is 1.50. The van der Waals surface area contributed by atoms with Gasteiger partial charge in [-0.15, -0.1) is 0 Å². The van der Waals surface area contributed by atoms with Gasteiger partial charge in [0.2, 0.25) is 0 Å². The molecule has 0 saturated heterocycles. The molecule has 5 nitrogen and oxygen atoms in total. The summed E-state index contributed by atoms with van der Waals surface area (Å²) in [4.78, 5) is 15.8. The largest absolute Gasteiger partial charge is 0.384 e. The average Bonchev–Trinajstić information content (AvgIpc) is 2.39. The number of halogens is 1. The summed E-state index contributed by atoms with van der Waals surface area (Å²) < 4.78 is 0. The first-order valence-electron chi connectivity index (χ1n) is 5.32. The van der Waals surface area contributed by atoms with E-state index in [1.807, 2.05) is 6.07 Å². The van der Waals surface area contributed by atoms with Crippen LogP contribution in [0, 0.1) is 11.3 Å². The third-order valence-corrected chi connectivity index (χ3v) is 2.63. The molecule has 0 fully saturated rings. The molecule has 0 saturated carbocycles. The molecule has 3 N–H and O–H groups in total. The molecule has 0 aliphatic carbocycles. The lowest BCUT2D eigenvalue weighted by molar-refractivity contribution is 0.102. The number of carbonyl (C=O) groups excluding carboxylic acids is 1. The molecule has 0 bridgehead atoms. The predicted octanol–water partition coefficient (Wildman–Crippen LogP) is 2.44. The number of anilines is 2. The van der Waals surface area contributed by atoms with Crippen LogP contribution in [-0.2, 0) is 0 Å². The maximum absolute atomic E-state index is 12.0. The van der Waals surface area contributed by atoms with Gasteiger partial charge < -0.3 is 11.1 Å². The minimum Gasteiger partial charge on any atom is -0.384 e. The van der Waals surface area contributed by atoms with Crippen LogP contribution in [0.5, 0.6) is 0 Å². The molecule has 2 rings (SSSR count). The predicted molar refractivity (Wildman–Crippen MR) is 72.8 cm³/mol. The van der Waals surface area contributed by atoms with Crippen LogP contribution in [0.15, 0.2) is 36.5 Å². The minimum atomic E-state index is -0.382. The van der Waals surface area contributed by atoms with Gasteiger partial charge in [0.1, 0.15) is 11.9 Å². The molecule has 1 aromatic carbocycles. The molecule has 1 amide bonds. The molecule has 0 unspecified atom stereocenters. The zero-order valence-electron chi connectivity index (χ0n) is 9.72. The van der Waals surface area contributed by atoms with Gasteiger partial charge in [0.25, 0.3) is 5.91 Å². The van der Waals surface area contributed by atoms with E-state index in [9.17, 15) is 4.79 Å². The Bertz CT molecular complexity index is 679. The SMILES string of the molecule is N#Cc1ccc(Cl)cc1NC(=O)c1ccnc(N)c1. The first-order chi connectivity index (χ1) is 9.10. The number of nitrogens with one attached hydrogen (secondary N) is 1. The zero-order chi connectivity index (χ0) is 13.8. The Morgan fingerprint density at radius 1 is 1.37 bits per heavy atom. The quantitative estimate of drug-likeness (QED) is 0.878. The number of rotatable bonds is 2. The molecule has 0 atom stereocenters. The maximum atomic E-state index is 12.0. The molecule has 2 aromatic rings. The van der Waals surface area contributed by atoms with Gasteiger partial charge in [-0.2, -0.15) is 5.26 Å². The smallest absolute Gasteiger partial charge is 0.255 e. The molecule has 0 spiro atoms. The summed E-state index contributed by atoms with van der Waals surface area (Å²) in [6.07, 6.45) is 1.44. The van der Waals surface area contributed by atoms with Crippen molar-refractivity contribution in [2.45, 2.75) is 0 Å². The minimum absolute atomic E-state index is 0.249. The number of carbonyl (C=O) groups is 1. The lowest BCUT2D eigenvalue weighted by Crippen LogP contribution is -2.13. The highest BCUT2D eigenvalue weighted by atomic mass is 35.5. The second kappa shape index (κ2) is 5.38. The van der Waals surface area contributed by atoms with Crippen molar-refractivity contribution < 1.29 is 4.79 Å². The van der Waals surface area contributed by atoms with Crippen LogP contribution in [0.4, 0.5) is 11.5 Å². The first-order valence-corrected chi connectivity index (χ1v) is 5.70. The Kier molecular flexibility index (Phi) is 3.64. The van der Waals surface area contributed by atoms with Crippen molar-refractivity contribution in [1.29, 1.82) is 5.26 Å². The first kappa shape index (κ1) is 12.9. The fraction of sp³-hybridized carbons (Fsp3) is 0. The summed E-state index contributed by atoms with van der Waals surface area (Å²) in [5.41, 5.74) is 6.55. The molecule has 0 radical (unpaired) electrons. The molecular formula is C13H9ClN4O. The number of hydrogen-bond acceptors (Lipinski definition) is 4. The van der Waals surface area contributed by atoms with E-state index < -0.39 is 0 Å². The van der Waals surface area contributed by atoms with Gasteiger partial charge in [0.15, 0.2) is 0 Å². The van der Waals surface area contributed by atoms with Gasteiger partial charge in [0, 0.05) is 16.8 Å². The van der Waals surface area contributed by atoms with Crippen molar-refractivity contribution in [2.24, 2.45) is 0 Å². The average molecular weight is 273 g/mol. The van der Waals surface area contributed by atoms with E-state index in [-0.39, 0.29) is 11.7 Å². The Balaban J connectivity index is 2.29. The summed E-state index contributed by atoms with van der Waals surface area (Å²) in [5.74, 6) is -0.132. The van der Waals surface area contributed by atoms with Crippen LogP contribution in [0.2, 0.25) is 5.02 Å². The highest BCUT2D eigenvalue weighted by molar-refractivity contribution is 6.31. The van der Waals surface area contributed by atoms with Crippen LogP contribution in [0.1, 0.15) is 15.9 Å². The van der Waals surface area contributed by atoms with Crippen LogP contribution in [0.3, 0.4) is 0 Å². The lowest BCUT2D eigenvalue weighted by Gasteiger charge is -2.07. The van der Waals surface area contributed by atoms with Gasteiger partial charge in [-0.25, -0.2) is 4.98 Å². The highest BCUT2D eigenvalue weighted by Gasteiger charge is 2.10. The van der Waals surface area contributed by atoms with E-state index in [1.54, 1.807) is 12.1 Å². The van der Waals surface area contributed by atoms with Crippen LogP contribution in [-0.4, -0.2) is 10.9 Å². The molecule has 94 valence electrons. The van der Waals surface area contributed by atoms with Gasteiger partial charge in [-0.3, -0.25) is 4.79 Å². The third kappa shape index (κ3) is 3.00. The molecule has 1 aromatic heterocycles. The second-order valence-electron chi connectivity index (χ2n) is 3.73. The van der Waals surface area contributed by atoms with Crippen molar-refractivity contribution in [2.75, 3.05) is 11.1 Å². The monoisotopic (exact) mass is 272 g/mol. The van der Waals surface area contributed by atoms with Crippen molar-refractivity contribution in [1.82, 2.24) is 4.98 Å². The van der Waals surface area contributed by atoms with Crippen molar-refractivity contribution >= 4 is 29.0 Å². The normalized spacial score (nSPS) is 9.68. The molecule has 0 aliphatic rings. The molecule has 6 heteroatoms. The topological polar surface area (TPSA) is 91.8 Å². The van der Waals surface area contributed by atoms with Gasteiger partial charge in [0.05, 0.1) is 11.3 Å². The van der Waals surface area contributed by atoms with Gasteiger partial charge in [-0.05, 0) is 30.3 Å². The fourth-order valence-corrected chi connectivity index (χ4v) is 1.67. The van der Waals surface area contributed by atoms with Gasteiger partial charge in [-0.1, -0.05) is 11.6 Å². The summed E-state index contributed by atoms with van der Waals surface area (Å²) in [6, 6.07) is 9.60. The molecule has 19 heavy (non-hydrogen) atoms. The Morgan fingerprint density at radius 2 is 2.16 bits per heavy atom. The van der Waals surface area contributed by atoms with Crippen molar-refractivity contribution in [3.05, 3.63) is 52.7 Å². The summed E-state index contributed by atoms with van der Waals surface area (Å²) in [6.45, 7) is 0. The zero-order valence-corrected chi connectivity index (χ0v) is 10.5. The van der Waals surface area contributed by atoms with Crippen LogP contribution in [0.25, 0.3) is 0 Å². The molecular weight excluding hydrogens is 264 g/mol. The van der Waals surface area contributed by atoms with E-state index in [0.717, 1.165) is 0 Å². The van der Waals surface area contributed by atoms with Gasteiger partial charge >= 0.3 is 0 Å². The summed E-state index contributed by atoms with van der Waals surface area (Å²) in [7, 11) is 0. The number of amides is 1. The number of aromatic nitrogens is 1. The Hall–Kier alpha value is -2.58. The highest BCUT2D eigenvalue weighted by Crippen LogP contribution is 2.21.